The lowest BCUT2D eigenvalue weighted by Gasteiger charge is -2.06. The predicted octanol–water partition coefficient (Wildman–Crippen LogP) is 5.25. The maximum atomic E-state index is 12.2. The van der Waals surface area contributed by atoms with Crippen LogP contribution in [0.15, 0.2) is 84.0 Å². The Kier molecular flexibility index (Phi) is 7.50. The number of benzene rings is 3. The third-order valence-electron chi connectivity index (χ3n) is 4.59. The summed E-state index contributed by atoms with van der Waals surface area (Å²) >= 11 is 0. The summed E-state index contributed by atoms with van der Waals surface area (Å²) in [5.41, 5.74) is 6.84. The first-order valence-corrected chi connectivity index (χ1v) is 10.0. The lowest BCUT2D eigenvalue weighted by Crippen LogP contribution is -2.17. The van der Waals surface area contributed by atoms with Crippen molar-refractivity contribution in [2.24, 2.45) is 5.10 Å². The molecule has 0 aliphatic carbocycles. The minimum absolute atomic E-state index is 0.0167. The Balaban J connectivity index is 1.52. The second-order valence-corrected chi connectivity index (χ2v) is 6.92. The van der Waals surface area contributed by atoms with Crippen LogP contribution in [0.1, 0.15) is 42.1 Å². The Morgan fingerprint density at radius 2 is 1.53 bits per heavy atom. The Bertz CT molecular complexity index is 995. The largest absolute Gasteiger partial charge is 0.326 e. The number of carbonyl (C=O) groups is 2. The van der Waals surface area contributed by atoms with E-state index in [1.807, 2.05) is 49.4 Å². The van der Waals surface area contributed by atoms with Crippen LogP contribution in [0, 0.1) is 0 Å². The Morgan fingerprint density at radius 3 is 2.20 bits per heavy atom. The monoisotopic (exact) mass is 399 g/mol. The maximum Gasteiger partial charge on any atom is 0.271 e. The smallest absolute Gasteiger partial charge is 0.271 e. The van der Waals surface area contributed by atoms with Crippen LogP contribution in [0.3, 0.4) is 0 Å². The molecule has 0 aromatic heterocycles. The van der Waals surface area contributed by atoms with Crippen LogP contribution in [-0.2, 0) is 4.79 Å². The van der Waals surface area contributed by atoms with E-state index in [0.717, 1.165) is 29.5 Å². The Morgan fingerprint density at radius 1 is 0.867 bits per heavy atom. The molecule has 0 bridgehead atoms. The van der Waals surface area contributed by atoms with Crippen LogP contribution in [0.4, 0.5) is 5.69 Å². The van der Waals surface area contributed by atoms with E-state index in [4.69, 9.17) is 0 Å². The van der Waals surface area contributed by atoms with Gasteiger partial charge in [-0.05, 0) is 47.4 Å². The molecule has 0 fully saturated rings. The van der Waals surface area contributed by atoms with Crippen molar-refractivity contribution in [2.75, 3.05) is 5.32 Å². The van der Waals surface area contributed by atoms with Gasteiger partial charge in [-0.1, -0.05) is 67.9 Å². The number of nitrogens with zero attached hydrogens (tertiary/aromatic N) is 1. The minimum Gasteiger partial charge on any atom is -0.326 e. The highest BCUT2D eigenvalue weighted by Crippen LogP contribution is 2.18. The van der Waals surface area contributed by atoms with E-state index in [2.05, 4.69) is 28.0 Å². The third-order valence-corrected chi connectivity index (χ3v) is 4.59. The zero-order valence-electron chi connectivity index (χ0n) is 17.0. The van der Waals surface area contributed by atoms with Crippen LogP contribution in [0.2, 0.25) is 0 Å². The summed E-state index contributed by atoms with van der Waals surface area (Å²) in [6, 6.07) is 24.8. The van der Waals surface area contributed by atoms with Gasteiger partial charge in [-0.25, -0.2) is 5.43 Å². The zero-order valence-corrected chi connectivity index (χ0v) is 17.0. The summed E-state index contributed by atoms with van der Waals surface area (Å²) in [5, 5.41) is 6.85. The molecule has 30 heavy (non-hydrogen) atoms. The summed E-state index contributed by atoms with van der Waals surface area (Å²) in [7, 11) is 0. The second kappa shape index (κ2) is 10.7. The van der Waals surface area contributed by atoms with Gasteiger partial charge in [0, 0.05) is 17.7 Å². The molecule has 3 aromatic rings. The highest BCUT2D eigenvalue weighted by atomic mass is 16.2. The van der Waals surface area contributed by atoms with Gasteiger partial charge in [0.1, 0.15) is 0 Å². The number of carbonyl (C=O) groups excluding carboxylic acids is 2. The lowest BCUT2D eigenvalue weighted by atomic mass is 10.0. The first kappa shape index (κ1) is 21.0. The molecule has 0 atom stereocenters. The fraction of sp³-hybridized carbons (Fsp3) is 0.160. The van der Waals surface area contributed by atoms with Crippen molar-refractivity contribution in [2.45, 2.75) is 26.2 Å². The standard InChI is InChI=1S/C25H25N3O2/c1-2-3-9-24(29)27-23-16-14-22(15-17-23)25(30)28-26-18-19-10-12-21(13-11-19)20-7-5-4-6-8-20/h4-8,10-18H,2-3,9H2,1H3,(H,27,29)(H,28,30). The number of unbranched alkanes of at least 4 members (excludes halogenated alkanes) is 1. The fourth-order valence-electron chi connectivity index (χ4n) is 2.89. The van der Waals surface area contributed by atoms with Crippen LogP contribution < -0.4 is 10.7 Å². The molecule has 0 heterocycles. The van der Waals surface area contributed by atoms with Gasteiger partial charge in [0.25, 0.3) is 5.91 Å². The molecular weight excluding hydrogens is 374 g/mol. The fourth-order valence-corrected chi connectivity index (χ4v) is 2.89. The molecule has 3 aromatic carbocycles. The van der Waals surface area contributed by atoms with Crippen molar-refractivity contribution in [1.29, 1.82) is 0 Å². The van der Waals surface area contributed by atoms with E-state index in [1.54, 1.807) is 30.5 Å². The predicted molar refractivity (Wildman–Crippen MR) is 122 cm³/mol. The molecule has 0 aliphatic heterocycles. The van der Waals surface area contributed by atoms with Crippen molar-refractivity contribution < 1.29 is 9.59 Å². The lowest BCUT2D eigenvalue weighted by molar-refractivity contribution is -0.116. The third kappa shape index (κ3) is 6.14. The SMILES string of the molecule is CCCCC(=O)Nc1ccc(C(=O)NN=Cc2ccc(-c3ccccc3)cc2)cc1. The normalized spacial score (nSPS) is 10.7. The van der Waals surface area contributed by atoms with Crippen LogP contribution in [0.25, 0.3) is 11.1 Å². The van der Waals surface area contributed by atoms with Crippen LogP contribution in [-0.4, -0.2) is 18.0 Å². The summed E-state index contributed by atoms with van der Waals surface area (Å²) in [6.45, 7) is 2.04. The highest BCUT2D eigenvalue weighted by molar-refractivity contribution is 5.96. The molecular formula is C25H25N3O2. The van der Waals surface area contributed by atoms with Gasteiger partial charge < -0.3 is 5.32 Å². The number of hydrogen-bond donors (Lipinski definition) is 2. The summed E-state index contributed by atoms with van der Waals surface area (Å²) in [6.07, 6.45) is 3.94. The molecule has 0 radical (unpaired) electrons. The van der Waals surface area contributed by atoms with Crippen molar-refractivity contribution in [3.05, 3.63) is 90.0 Å². The van der Waals surface area contributed by atoms with E-state index in [0.29, 0.717) is 17.7 Å². The van der Waals surface area contributed by atoms with E-state index >= 15 is 0 Å². The molecule has 0 aliphatic rings. The molecule has 0 saturated carbocycles. The summed E-state index contributed by atoms with van der Waals surface area (Å²) in [4.78, 5) is 24.0. The maximum absolute atomic E-state index is 12.2. The Labute approximate surface area is 176 Å². The molecule has 152 valence electrons. The average Bonchev–Trinajstić information content (AvgIpc) is 2.79. The summed E-state index contributed by atoms with van der Waals surface area (Å²) < 4.78 is 0. The van der Waals surface area contributed by atoms with Gasteiger partial charge in [0.2, 0.25) is 5.91 Å². The first-order valence-electron chi connectivity index (χ1n) is 10.0. The van der Waals surface area contributed by atoms with Crippen molar-refractivity contribution >= 4 is 23.7 Å². The topological polar surface area (TPSA) is 70.6 Å². The van der Waals surface area contributed by atoms with Crippen LogP contribution >= 0.6 is 0 Å². The zero-order chi connectivity index (χ0) is 21.2. The molecule has 0 spiro atoms. The van der Waals surface area contributed by atoms with Gasteiger partial charge in [0.05, 0.1) is 6.21 Å². The molecule has 2 amide bonds. The van der Waals surface area contributed by atoms with Gasteiger partial charge in [-0.2, -0.15) is 5.10 Å². The molecule has 0 unspecified atom stereocenters. The number of anilines is 1. The van der Waals surface area contributed by atoms with E-state index in [-0.39, 0.29) is 11.8 Å². The van der Waals surface area contributed by atoms with E-state index in [1.165, 1.54) is 0 Å². The average molecular weight is 399 g/mol. The number of hydrogen-bond acceptors (Lipinski definition) is 3. The number of nitrogens with one attached hydrogen (secondary N) is 2. The van der Waals surface area contributed by atoms with Crippen LogP contribution in [0.5, 0.6) is 0 Å². The minimum atomic E-state index is -0.309. The van der Waals surface area contributed by atoms with Gasteiger partial charge in [0.15, 0.2) is 0 Å². The number of amides is 2. The number of hydrazone groups is 1. The Hall–Kier alpha value is -3.73. The molecule has 5 nitrogen and oxygen atoms in total. The van der Waals surface area contributed by atoms with Gasteiger partial charge >= 0.3 is 0 Å². The van der Waals surface area contributed by atoms with Gasteiger partial charge in [-0.3, -0.25) is 9.59 Å². The molecule has 3 rings (SSSR count). The molecule has 2 N–H and O–H groups in total. The summed E-state index contributed by atoms with van der Waals surface area (Å²) in [5.74, 6) is -0.326. The first-order chi connectivity index (χ1) is 14.7. The van der Waals surface area contributed by atoms with Gasteiger partial charge in [-0.15, -0.1) is 0 Å². The van der Waals surface area contributed by atoms with Crippen molar-refractivity contribution in [3.63, 3.8) is 0 Å². The number of rotatable bonds is 8. The highest BCUT2D eigenvalue weighted by Gasteiger charge is 2.06. The van der Waals surface area contributed by atoms with Crippen molar-refractivity contribution in [1.82, 2.24) is 5.43 Å². The second-order valence-electron chi connectivity index (χ2n) is 6.92. The van der Waals surface area contributed by atoms with E-state index in [9.17, 15) is 9.59 Å². The quantitative estimate of drug-likeness (QED) is 0.401. The molecule has 5 heteroatoms. The molecule has 0 saturated heterocycles. The van der Waals surface area contributed by atoms with E-state index < -0.39 is 0 Å². The van der Waals surface area contributed by atoms with Crippen molar-refractivity contribution in [3.8, 4) is 11.1 Å².